The molecule has 0 aromatic carbocycles. The molecule has 0 amide bonds. The molecule has 0 spiro atoms. The van der Waals surface area contributed by atoms with Crippen LogP contribution in [0.25, 0.3) is 0 Å². The summed E-state index contributed by atoms with van der Waals surface area (Å²) in [6.45, 7) is 9.33. The van der Waals surface area contributed by atoms with Crippen LogP contribution in [-0.2, 0) is 9.53 Å². The second-order valence-corrected chi connectivity index (χ2v) is 6.81. The van der Waals surface area contributed by atoms with Crippen LogP contribution < -0.4 is 5.32 Å². The number of thioether (sulfide) groups is 1. The monoisotopic (exact) mass is 275 g/mol. The van der Waals surface area contributed by atoms with Crippen LogP contribution in [0.1, 0.15) is 53.4 Å². The number of methoxy groups -OCH3 is 1. The average Bonchev–Trinajstić information content (AvgIpc) is 2.34. The summed E-state index contributed by atoms with van der Waals surface area (Å²) in [5, 5.41) is 4.00. The molecule has 0 aromatic heterocycles. The van der Waals surface area contributed by atoms with Gasteiger partial charge in [-0.15, -0.1) is 0 Å². The Morgan fingerprint density at radius 2 is 2.06 bits per heavy atom. The molecule has 4 heteroatoms. The zero-order valence-corrected chi connectivity index (χ0v) is 13.4. The van der Waals surface area contributed by atoms with Crippen molar-refractivity contribution in [2.75, 3.05) is 19.4 Å². The van der Waals surface area contributed by atoms with Gasteiger partial charge in [-0.1, -0.05) is 27.2 Å². The topological polar surface area (TPSA) is 38.3 Å². The number of hydrogen-bond donors (Lipinski definition) is 1. The van der Waals surface area contributed by atoms with Crippen molar-refractivity contribution < 1.29 is 9.53 Å². The van der Waals surface area contributed by atoms with Gasteiger partial charge in [0.1, 0.15) is 5.54 Å². The van der Waals surface area contributed by atoms with Gasteiger partial charge in [-0.25, -0.2) is 0 Å². The number of esters is 1. The van der Waals surface area contributed by atoms with Crippen molar-refractivity contribution in [1.82, 2.24) is 5.32 Å². The van der Waals surface area contributed by atoms with Crippen LogP contribution in [0.3, 0.4) is 0 Å². The van der Waals surface area contributed by atoms with Crippen LogP contribution in [-0.4, -0.2) is 36.2 Å². The number of hydrogen-bond acceptors (Lipinski definition) is 4. The Balaban J connectivity index is 4.05. The predicted molar refractivity (Wildman–Crippen MR) is 80.2 cm³/mol. The summed E-state index contributed by atoms with van der Waals surface area (Å²) in [5.41, 5.74) is -0.521. The van der Waals surface area contributed by atoms with Gasteiger partial charge in [0.15, 0.2) is 0 Å². The molecule has 0 bridgehead atoms. The van der Waals surface area contributed by atoms with E-state index in [1.165, 1.54) is 12.9 Å². The van der Waals surface area contributed by atoms with Crippen LogP contribution in [0.15, 0.2) is 0 Å². The fourth-order valence-electron chi connectivity index (χ4n) is 1.79. The zero-order valence-electron chi connectivity index (χ0n) is 12.5. The highest BCUT2D eigenvalue weighted by Gasteiger charge is 2.32. The average molecular weight is 275 g/mol. The van der Waals surface area contributed by atoms with Gasteiger partial charge in [0.25, 0.3) is 0 Å². The highest BCUT2D eigenvalue weighted by molar-refractivity contribution is 7.99. The minimum Gasteiger partial charge on any atom is -0.468 e. The Labute approximate surface area is 116 Å². The van der Waals surface area contributed by atoms with Crippen molar-refractivity contribution >= 4 is 17.7 Å². The van der Waals surface area contributed by atoms with Crippen LogP contribution in [0.5, 0.6) is 0 Å². The van der Waals surface area contributed by atoms with E-state index in [-0.39, 0.29) is 5.97 Å². The first kappa shape index (κ1) is 17.8. The number of rotatable bonds is 10. The maximum Gasteiger partial charge on any atom is 0.325 e. The highest BCUT2D eigenvalue weighted by Crippen LogP contribution is 2.18. The summed E-state index contributed by atoms with van der Waals surface area (Å²) in [5.74, 6) is 1.02. The Kier molecular flexibility index (Phi) is 9.56. The molecule has 1 unspecified atom stereocenters. The number of carbonyl (C=O) groups excluding carboxylic acids is 1. The third-order valence-corrected chi connectivity index (χ3v) is 4.11. The maximum absolute atomic E-state index is 11.8. The quantitative estimate of drug-likeness (QED) is 0.491. The Hall–Kier alpha value is -0.220. The van der Waals surface area contributed by atoms with Gasteiger partial charge >= 0.3 is 5.97 Å². The molecule has 0 aliphatic rings. The normalized spacial score (nSPS) is 14.6. The Morgan fingerprint density at radius 1 is 1.39 bits per heavy atom. The third kappa shape index (κ3) is 7.27. The molecular formula is C14H29NO2S. The first-order valence-corrected chi connectivity index (χ1v) is 7.96. The first-order chi connectivity index (χ1) is 8.46. The lowest BCUT2D eigenvalue weighted by Crippen LogP contribution is -2.50. The molecule has 0 aromatic rings. The van der Waals surface area contributed by atoms with Gasteiger partial charge in [0.05, 0.1) is 7.11 Å². The zero-order chi connectivity index (χ0) is 14.0. The Bertz CT molecular complexity index is 234. The second kappa shape index (κ2) is 9.68. The predicted octanol–water partition coefficient (Wildman–Crippen LogP) is 3.23. The van der Waals surface area contributed by atoms with Gasteiger partial charge < -0.3 is 10.1 Å². The van der Waals surface area contributed by atoms with E-state index >= 15 is 0 Å². The molecule has 3 nitrogen and oxygen atoms in total. The third-order valence-electron chi connectivity index (χ3n) is 2.92. The van der Waals surface area contributed by atoms with E-state index in [0.29, 0.717) is 5.25 Å². The molecule has 1 atom stereocenters. The van der Waals surface area contributed by atoms with Crippen molar-refractivity contribution in [3.8, 4) is 0 Å². The first-order valence-electron chi connectivity index (χ1n) is 6.91. The van der Waals surface area contributed by atoms with Gasteiger partial charge in [0, 0.05) is 0 Å². The van der Waals surface area contributed by atoms with Crippen molar-refractivity contribution in [2.45, 2.75) is 64.2 Å². The molecule has 0 saturated heterocycles. The van der Waals surface area contributed by atoms with Gasteiger partial charge in [-0.2, -0.15) is 11.8 Å². The van der Waals surface area contributed by atoms with Crippen molar-refractivity contribution in [3.05, 3.63) is 0 Å². The Morgan fingerprint density at radius 3 is 2.56 bits per heavy atom. The van der Waals surface area contributed by atoms with Gasteiger partial charge in [0.2, 0.25) is 0 Å². The molecule has 18 heavy (non-hydrogen) atoms. The molecule has 108 valence electrons. The van der Waals surface area contributed by atoms with E-state index in [1.807, 2.05) is 18.7 Å². The molecular weight excluding hydrogens is 246 g/mol. The van der Waals surface area contributed by atoms with E-state index in [4.69, 9.17) is 4.74 Å². The number of unbranched alkanes of at least 4 members (excludes halogenated alkanes) is 1. The molecule has 0 radical (unpaired) electrons. The van der Waals surface area contributed by atoms with E-state index < -0.39 is 5.54 Å². The lowest BCUT2D eigenvalue weighted by molar-refractivity contribution is -0.148. The highest BCUT2D eigenvalue weighted by atomic mass is 32.2. The lowest BCUT2D eigenvalue weighted by atomic mass is 9.95. The molecule has 0 heterocycles. The van der Waals surface area contributed by atoms with Crippen molar-refractivity contribution in [1.29, 1.82) is 0 Å². The SMILES string of the molecule is CCCNC(C)(CCCCSC(C)C)C(=O)OC. The summed E-state index contributed by atoms with van der Waals surface area (Å²) < 4.78 is 4.90. The minimum absolute atomic E-state index is 0.146. The summed E-state index contributed by atoms with van der Waals surface area (Å²) in [6, 6.07) is 0. The number of ether oxygens (including phenoxy) is 1. The van der Waals surface area contributed by atoms with Gasteiger partial charge in [-0.05, 0) is 43.7 Å². The summed E-state index contributed by atoms with van der Waals surface area (Å²) >= 11 is 1.98. The molecule has 0 aliphatic carbocycles. The van der Waals surface area contributed by atoms with Crippen molar-refractivity contribution in [3.63, 3.8) is 0 Å². The van der Waals surface area contributed by atoms with E-state index in [2.05, 4.69) is 26.1 Å². The molecule has 0 saturated carbocycles. The fourth-order valence-corrected chi connectivity index (χ4v) is 2.63. The molecule has 0 rings (SSSR count). The molecule has 1 N–H and O–H groups in total. The van der Waals surface area contributed by atoms with E-state index in [0.717, 1.165) is 32.2 Å². The van der Waals surface area contributed by atoms with E-state index in [9.17, 15) is 4.79 Å². The van der Waals surface area contributed by atoms with E-state index in [1.54, 1.807) is 0 Å². The standard InChI is InChI=1S/C14H29NO2S/c1-6-10-15-14(4,13(16)17-5)9-7-8-11-18-12(2)3/h12,15H,6-11H2,1-5H3. The number of nitrogens with one attached hydrogen (secondary N) is 1. The van der Waals surface area contributed by atoms with Crippen LogP contribution in [0.2, 0.25) is 0 Å². The van der Waals surface area contributed by atoms with Crippen LogP contribution >= 0.6 is 11.8 Å². The summed E-state index contributed by atoms with van der Waals surface area (Å²) in [6.07, 6.45) is 4.08. The van der Waals surface area contributed by atoms with Crippen LogP contribution in [0, 0.1) is 0 Å². The van der Waals surface area contributed by atoms with Crippen molar-refractivity contribution in [2.24, 2.45) is 0 Å². The van der Waals surface area contributed by atoms with Gasteiger partial charge in [-0.3, -0.25) is 4.79 Å². The largest absolute Gasteiger partial charge is 0.468 e. The molecule has 0 aliphatic heterocycles. The number of carbonyl (C=O) groups is 1. The summed E-state index contributed by atoms with van der Waals surface area (Å²) in [4.78, 5) is 11.8. The maximum atomic E-state index is 11.8. The second-order valence-electron chi connectivity index (χ2n) is 5.13. The van der Waals surface area contributed by atoms with Crippen LogP contribution in [0.4, 0.5) is 0 Å². The molecule has 0 fully saturated rings. The smallest absolute Gasteiger partial charge is 0.325 e. The lowest BCUT2D eigenvalue weighted by Gasteiger charge is -2.28. The minimum atomic E-state index is -0.521. The summed E-state index contributed by atoms with van der Waals surface area (Å²) in [7, 11) is 1.46. The fraction of sp³-hybridized carbons (Fsp3) is 0.929.